The van der Waals surface area contributed by atoms with Crippen LogP contribution in [-0.4, -0.2) is 32.9 Å². The zero-order valence-corrected chi connectivity index (χ0v) is 22.2. The molecule has 212 valence electrons. The highest BCUT2D eigenvalue weighted by Gasteiger charge is 2.17. The van der Waals surface area contributed by atoms with Gasteiger partial charge in [-0.15, -0.1) is 5.10 Å². The van der Waals surface area contributed by atoms with Gasteiger partial charge in [0.05, 0.1) is 21.7 Å². The number of carbonyl (C=O) groups is 3. The molecule has 0 aliphatic carbocycles. The quantitative estimate of drug-likeness (QED) is 0.0729. The molecule has 2 N–H and O–H groups in total. The number of nitrogens with one attached hydrogen (secondary N) is 2. The van der Waals surface area contributed by atoms with Crippen LogP contribution in [0.5, 0.6) is 5.75 Å². The van der Waals surface area contributed by atoms with Gasteiger partial charge < -0.3 is 14.5 Å². The van der Waals surface area contributed by atoms with Gasteiger partial charge in [-0.3, -0.25) is 25.0 Å². The molecule has 12 heteroatoms. The Balaban J connectivity index is 1.25. The summed E-state index contributed by atoms with van der Waals surface area (Å²) in [6.45, 7) is 0. The standard InChI is InChI=1S/C31H21N5O7/c37-27(19-16-20-8-4-7-13-26(20)42-30(39)22-9-2-1-3-10-22)32-25-12-6-5-11-24(25)28(38)33-31-35-34-29(43-31)21-14-17-23(18-15-21)36(40)41/h1-19H,(H,32,37)(H,33,35,38)/b19-16+. The molecule has 1 aromatic heterocycles. The molecule has 0 fully saturated rings. The summed E-state index contributed by atoms with van der Waals surface area (Å²) in [6.07, 6.45) is 2.74. The molecule has 0 saturated carbocycles. The predicted octanol–water partition coefficient (Wildman–Crippen LogP) is 5.77. The highest BCUT2D eigenvalue weighted by atomic mass is 16.6. The molecule has 0 saturated heterocycles. The molecule has 0 atom stereocenters. The van der Waals surface area contributed by atoms with Gasteiger partial charge in [0, 0.05) is 29.3 Å². The number of non-ortho nitro benzene ring substituents is 1. The minimum atomic E-state index is -0.628. The molecule has 2 amide bonds. The van der Waals surface area contributed by atoms with E-state index in [1.807, 2.05) is 0 Å². The maximum absolute atomic E-state index is 13.0. The number of aromatic nitrogens is 2. The van der Waals surface area contributed by atoms with E-state index in [0.29, 0.717) is 16.7 Å². The van der Waals surface area contributed by atoms with E-state index in [4.69, 9.17) is 9.15 Å². The summed E-state index contributed by atoms with van der Waals surface area (Å²) < 4.78 is 11.0. The Bertz CT molecular complexity index is 1830. The second kappa shape index (κ2) is 12.8. The Morgan fingerprint density at radius 1 is 0.814 bits per heavy atom. The Labute approximate surface area is 243 Å². The van der Waals surface area contributed by atoms with Gasteiger partial charge in [-0.25, -0.2) is 4.79 Å². The van der Waals surface area contributed by atoms with Crippen LogP contribution in [0.15, 0.2) is 114 Å². The summed E-state index contributed by atoms with van der Waals surface area (Å²) in [7, 11) is 0. The molecule has 0 spiro atoms. The van der Waals surface area contributed by atoms with E-state index in [1.54, 1.807) is 72.8 Å². The average Bonchev–Trinajstić information content (AvgIpc) is 3.49. The smallest absolute Gasteiger partial charge is 0.343 e. The van der Waals surface area contributed by atoms with Gasteiger partial charge in [0.15, 0.2) is 0 Å². The average molecular weight is 576 g/mol. The van der Waals surface area contributed by atoms with E-state index in [0.717, 1.165) is 0 Å². The summed E-state index contributed by atoms with van der Waals surface area (Å²) in [5.41, 5.74) is 1.55. The fourth-order valence-corrected chi connectivity index (χ4v) is 3.85. The summed E-state index contributed by atoms with van der Waals surface area (Å²) >= 11 is 0. The first kappa shape index (κ1) is 28.1. The van der Waals surface area contributed by atoms with Crippen molar-refractivity contribution in [2.75, 3.05) is 10.6 Å². The maximum atomic E-state index is 13.0. The molecule has 5 rings (SSSR count). The van der Waals surface area contributed by atoms with E-state index in [2.05, 4.69) is 20.8 Å². The van der Waals surface area contributed by atoms with Crippen LogP contribution in [0.1, 0.15) is 26.3 Å². The number of amides is 2. The van der Waals surface area contributed by atoms with Gasteiger partial charge in [0.2, 0.25) is 11.8 Å². The van der Waals surface area contributed by atoms with Gasteiger partial charge >= 0.3 is 12.0 Å². The first-order valence-electron chi connectivity index (χ1n) is 12.7. The molecule has 0 unspecified atom stereocenters. The van der Waals surface area contributed by atoms with Crippen molar-refractivity contribution >= 4 is 41.2 Å². The van der Waals surface area contributed by atoms with Crippen LogP contribution in [-0.2, 0) is 4.79 Å². The van der Waals surface area contributed by atoms with Crippen LogP contribution in [0.4, 0.5) is 17.4 Å². The van der Waals surface area contributed by atoms with E-state index in [1.165, 1.54) is 42.5 Å². The third kappa shape index (κ3) is 7.02. The highest BCUT2D eigenvalue weighted by Crippen LogP contribution is 2.24. The molecule has 0 aliphatic heterocycles. The van der Waals surface area contributed by atoms with E-state index in [9.17, 15) is 24.5 Å². The van der Waals surface area contributed by atoms with Crippen molar-refractivity contribution in [1.82, 2.24) is 10.2 Å². The van der Waals surface area contributed by atoms with Crippen molar-refractivity contribution in [1.29, 1.82) is 0 Å². The third-order valence-electron chi connectivity index (χ3n) is 5.95. The second-order valence-electron chi connectivity index (χ2n) is 8.83. The van der Waals surface area contributed by atoms with Crippen molar-refractivity contribution in [3.8, 4) is 17.2 Å². The number of para-hydroxylation sites is 2. The van der Waals surface area contributed by atoms with Gasteiger partial charge in [-0.1, -0.05) is 53.6 Å². The predicted molar refractivity (Wildman–Crippen MR) is 156 cm³/mol. The number of esters is 1. The fraction of sp³-hybridized carbons (Fsp3) is 0. The summed E-state index contributed by atoms with van der Waals surface area (Å²) in [4.78, 5) is 48.6. The lowest BCUT2D eigenvalue weighted by molar-refractivity contribution is -0.384. The Morgan fingerprint density at radius 2 is 1.51 bits per heavy atom. The topological polar surface area (TPSA) is 167 Å². The lowest BCUT2D eigenvalue weighted by atomic mass is 10.1. The number of benzene rings is 4. The molecule has 0 bridgehead atoms. The Kier molecular flexibility index (Phi) is 8.39. The third-order valence-corrected chi connectivity index (χ3v) is 5.95. The first-order valence-corrected chi connectivity index (χ1v) is 12.7. The van der Waals surface area contributed by atoms with E-state index < -0.39 is 22.7 Å². The lowest BCUT2D eigenvalue weighted by Crippen LogP contribution is -2.17. The molecular weight excluding hydrogens is 554 g/mol. The summed E-state index contributed by atoms with van der Waals surface area (Å²) in [5, 5.41) is 23.7. The molecule has 43 heavy (non-hydrogen) atoms. The number of hydrogen-bond acceptors (Lipinski definition) is 9. The molecule has 5 aromatic rings. The van der Waals surface area contributed by atoms with Gasteiger partial charge in [0.25, 0.3) is 11.6 Å². The number of rotatable bonds is 9. The number of hydrogen-bond donors (Lipinski definition) is 2. The van der Waals surface area contributed by atoms with Crippen LogP contribution < -0.4 is 15.4 Å². The van der Waals surface area contributed by atoms with E-state index in [-0.39, 0.29) is 34.6 Å². The monoisotopic (exact) mass is 575 g/mol. The minimum absolute atomic E-state index is 0.0478. The Hall–Kier alpha value is -6.43. The molecule has 0 radical (unpaired) electrons. The minimum Gasteiger partial charge on any atom is -0.422 e. The number of carbonyl (C=O) groups excluding carboxylic acids is 3. The number of anilines is 2. The van der Waals surface area contributed by atoms with Crippen molar-refractivity contribution in [3.63, 3.8) is 0 Å². The van der Waals surface area contributed by atoms with Gasteiger partial charge in [-0.05, 0) is 48.5 Å². The number of nitro benzene ring substituents is 1. The first-order chi connectivity index (χ1) is 20.9. The van der Waals surface area contributed by atoms with Gasteiger partial charge in [-0.2, -0.15) is 0 Å². The summed E-state index contributed by atoms with van der Waals surface area (Å²) in [6, 6.07) is 26.9. The zero-order chi connectivity index (χ0) is 30.2. The summed E-state index contributed by atoms with van der Waals surface area (Å²) in [5.74, 6) is -1.38. The zero-order valence-electron chi connectivity index (χ0n) is 22.2. The molecular formula is C31H21N5O7. The number of ether oxygens (including phenoxy) is 1. The fourth-order valence-electron chi connectivity index (χ4n) is 3.85. The Morgan fingerprint density at radius 3 is 2.28 bits per heavy atom. The van der Waals surface area contributed by atoms with Crippen molar-refractivity contribution in [3.05, 3.63) is 136 Å². The maximum Gasteiger partial charge on any atom is 0.343 e. The van der Waals surface area contributed by atoms with Crippen LogP contribution >= 0.6 is 0 Å². The van der Waals surface area contributed by atoms with Crippen LogP contribution in [0.25, 0.3) is 17.5 Å². The van der Waals surface area contributed by atoms with Gasteiger partial charge in [0.1, 0.15) is 5.75 Å². The van der Waals surface area contributed by atoms with E-state index >= 15 is 0 Å². The SMILES string of the molecule is O=C(/C=C/c1ccccc1OC(=O)c1ccccc1)Nc1ccccc1C(=O)Nc1nnc(-c2ccc([N+](=O)[O-])cc2)o1. The van der Waals surface area contributed by atoms with Crippen molar-refractivity contribution in [2.45, 2.75) is 0 Å². The van der Waals surface area contributed by atoms with Crippen molar-refractivity contribution < 1.29 is 28.5 Å². The van der Waals surface area contributed by atoms with Crippen LogP contribution in [0, 0.1) is 10.1 Å². The van der Waals surface area contributed by atoms with Crippen LogP contribution in [0.3, 0.4) is 0 Å². The van der Waals surface area contributed by atoms with Crippen molar-refractivity contribution in [2.24, 2.45) is 0 Å². The normalized spacial score (nSPS) is 10.7. The largest absolute Gasteiger partial charge is 0.422 e. The lowest BCUT2D eigenvalue weighted by Gasteiger charge is -2.09. The second-order valence-corrected chi connectivity index (χ2v) is 8.83. The van der Waals surface area contributed by atoms with Crippen LogP contribution in [0.2, 0.25) is 0 Å². The number of nitro groups is 1. The molecule has 4 aromatic carbocycles. The molecule has 1 heterocycles. The molecule has 0 aliphatic rings. The highest BCUT2D eigenvalue weighted by molar-refractivity contribution is 6.11. The molecule has 12 nitrogen and oxygen atoms in total. The number of nitrogens with zero attached hydrogens (tertiary/aromatic N) is 3.